The van der Waals surface area contributed by atoms with Gasteiger partial charge >= 0.3 is 0 Å². The Kier molecular flexibility index (Phi) is 5.86. The molecular formula is C21H22BrN3O2S2. The van der Waals surface area contributed by atoms with Gasteiger partial charge in [-0.1, -0.05) is 46.7 Å². The van der Waals surface area contributed by atoms with Crippen LogP contribution in [0.25, 0.3) is 10.2 Å². The second-order valence-corrected chi connectivity index (χ2v) is 10.5. The van der Waals surface area contributed by atoms with E-state index in [0.717, 1.165) is 39.5 Å². The molecule has 0 fully saturated rings. The number of rotatable bonds is 5. The maximum atomic E-state index is 13.3. The Morgan fingerprint density at radius 3 is 2.97 bits per heavy atom. The number of aromatic nitrogens is 2. The Morgan fingerprint density at radius 1 is 1.48 bits per heavy atom. The molecule has 0 radical (unpaired) electrons. The minimum absolute atomic E-state index is 0.00971. The average Bonchev–Trinajstić information content (AvgIpc) is 3.03. The zero-order chi connectivity index (χ0) is 20.7. The largest absolute Gasteiger partial charge is 0.368 e. The van der Waals surface area contributed by atoms with Gasteiger partial charge in [0.1, 0.15) is 10.1 Å². The van der Waals surface area contributed by atoms with Crippen LogP contribution in [-0.2, 0) is 24.2 Å². The lowest BCUT2D eigenvalue weighted by Crippen LogP contribution is -2.25. The molecule has 8 heteroatoms. The monoisotopic (exact) mass is 491 g/mol. The summed E-state index contributed by atoms with van der Waals surface area (Å²) in [6.07, 6.45) is 3.05. The zero-order valence-corrected chi connectivity index (χ0v) is 19.5. The molecular weight excluding hydrogens is 470 g/mol. The van der Waals surface area contributed by atoms with Crippen LogP contribution in [0.4, 0.5) is 0 Å². The van der Waals surface area contributed by atoms with E-state index >= 15 is 0 Å². The normalized spacial score (nSPS) is 17.3. The smallest absolute Gasteiger partial charge is 0.263 e. The maximum absolute atomic E-state index is 13.3. The summed E-state index contributed by atoms with van der Waals surface area (Å²) in [5.74, 6) is 0.179. The van der Waals surface area contributed by atoms with Gasteiger partial charge in [-0.15, -0.1) is 11.3 Å². The summed E-state index contributed by atoms with van der Waals surface area (Å²) < 4.78 is 2.55. The van der Waals surface area contributed by atoms with Crippen molar-refractivity contribution < 1.29 is 4.79 Å². The first-order valence-corrected chi connectivity index (χ1v) is 12.1. The molecule has 2 unspecified atom stereocenters. The number of thioether (sulfide) groups is 1. The summed E-state index contributed by atoms with van der Waals surface area (Å²) in [6.45, 7) is 4.68. The first-order valence-electron chi connectivity index (χ1n) is 9.65. The second kappa shape index (κ2) is 8.24. The molecule has 2 N–H and O–H groups in total. The van der Waals surface area contributed by atoms with Gasteiger partial charge in [-0.3, -0.25) is 14.2 Å². The van der Waals surface area contributed by atoms with Crippen molar-refractivity contribution in [2.75, 3.05) is 0 Å². The van der Waals surface area contributed by atoms with E-state index in [1.54, 1.807) is 15.9 Å². The number of nitrogens with two attached hydrogens (primary N) is 1. The van der Waals surface area contributed by atoms with Crippen LogP contribution in [0.2, 0.25) is 0 Å². The van der Waals surface area contributed by atoms with Gasteiger partial charge in [-0.2, -0.15) is 0 Å². The highest BCUT2D eigenvalue weighted by molar-refractivity contribution is 9.10. The molecule has 0 aliphatic heterocycles. The van der Waals surface area contributed by atoms with E-state index < -0.39 is 11.2 Å². The van der Waals surface area contributed by atoms with Crippen molar-refractivity contribution in [1.82, 2.24) is 9.55 Å². The van der Waals surface area contributed by atoms with E-state index in [1.807, 2.05) is 31.2 Å². The van der Waals surface area contributed by atoms with Gasteiger partial charge in [-0.05, 0) is 55.4 Å². The quantitative estimate of drug-likeness (QED) is 0.414. The van der Waals surface area contributed by atoms with Crippen LogP contribution in [0.1, 0.15) is 41.5 Å². The van der Waals surface area contributed by atoms with Gasteiger partial charge in [0.05, 0.1) is 5.39 Å². The number of fused-ring (bicyclic) bond motifs is 3. The van der Waals surface area contributed by atoms with E-state index in [1.165, 1.54) is 22.2 Å². The SMILES string of the molecule is CCn1c(SC(C(N)=O)c2cccc(Br)c2)nc2sc3c(c2c1=O)CCC(C)C3. The molecule has 152 valence electrons. The summed E-state index contributed by atoms with van der Waals surface area (Å²) in [5, 5.41) is 0.686. The molecule has 5 nitrogen and oxygen atoms in total. The molecule has 0 saturated carbocycles. The molecule has 1 amide bonds. The van der Waals surface area contributed by atoms with Gasteiger partial charge in [0.2, 0.25) is 5.91 Å². The summed E-state index contributed by atoms with van der Waals surface area (Å²) >= 11 is 6.32. The first-order chi connectivity index (χ1) is 13.9. The first kappa shape index (κ1) is 20.6. The van der Waals surface area contributed by atoms with Crippen molar-refractivity contribution in [2.45, 2.75) is 50.1 Å². The van der Waals surface area contributed by atoms with Crippen LogP contribution in [0.3, 0.4) is 0 Å². The van der Waals surface area contributed by atoms with E-state index in [9.17, 15) is 9.59 Å². The van der Waals surface area contributed by atoms with Crippen molar-refractivity contribution in [2.24, 2.45) is 11.7 Å². The van der Waals surface area contributed by atoms with E-state index in [4.69, 9.17) is 10.7 Å². The molecule has 2 atom stereocenters. The fourth-order valence-corrected chi connectivity index (χ4v) is 6.78. The van der Waals surface area contributed by atoms with Gasteiger partial charge in [0.15, 0.2) is 5.16 Å². The Bertz CT molecular complexity index is 1150. The van der Waals surface area contributed by atoms with Crippen LogP contribution in [0.5, 0.6) is 0 Å². The average molecular weight is 492 g/mol. The molecule has 1 aromatic carbocycles. The standard InChI is InChI=1S/C21H22BrN3O2S2/c1-3-25-20(27)16-14-8-7-11(2)9-15(14)28-19(16)24-21(25)29-17(18(23)26)12-5-4-6-13(22)10-12/h4-6,10-11,17H,3,7-9H2,1-2H3,(H2,23,26). The lowest BCUT2D eigenvalue weighted by Gasteiger charge is -2.18. The predicted octanol–water partition coefficient (Wildman–Crippen LogP) is 4.68. The third-order valence-corrected chi connectivity index (χ3v) is 8.23. The molecule has 3 aromatic rings. The van der Waals surface area contributed by atoms with Gasteiger partial charge < -0.3 is 5.73 Å². The van der Waals surface area contributed by atoms with Crippen LogP contribution in [0.15, 0.2) is 38.7 Å². The predicted molar refractivity (Wildman–Crippen MR) is 123 cm³/mol. The number of hydrogen-bond acceptors (Lipinski definition) is 5. The molecule has 0 spiro atoms. The highest BCUT2D eigenvalue weighted by atomic mass is 79.9. The number of hydrogen-bond donors (Lipinski definition) is 1. The summed E-state index contributed by atoms with van der Waals surface area (Å²) in [4.78, 5) is 32.5. The fourth-order valence-electron chi connectivity index (χ4n) is 3.84. The Balaban J connectivity index is 1.82. The molecule has 2 aromatic heterocycles. The molecule has 2 heterocycles. The number of halogens is 1. The number of nitrogens with zero attached hydrogens (tertiary/aromatic N) is 2. The molecule has 0 saturated heterocycles. The maximum Gasteiger partial charge on any atom is 0.263 e. The fraction of sp³-hybridized carbons (Fsp3) is 0.381. The van der Waals surface area contributed by atoms with Crippen molar-refractivity contribution in [3.8, 4) is 0 Å². The number of thiophene rings is 1. The molecule has 4 rings (SSSR count). The van der Waals surface area contributed by atoms with Crippen molar-refractivity contribution in [1.29, 1.82) is 0 Å². The number of amides is 1. The van der Waals surface area contributed by atoms with Crippen LogP contribution >= 0.6 is 39.0 Å². The van der Waals surface area contributed by atoms with E-state index in [-0.39, 0.29) is 5.56 Å². The summed E-state index contributed by atoms with van der Waals surface area (Å²) in [7, 11) is 0. The number of carbonyl (C=O) groups excluding carboxylic acids is 1. The van der Waals surface area contributed by atoms with Crippen molar-refractivity contribution in [3.63, 3.8) is 0 Å². The third-order valence-electron chi connectivity index (χ3n) is 5.33. The molecule has 1 aliphatic carbocycles. The lowest BCUT2D eigenvalue weighted by molar-refractivity contribution is -0.117. The highest BCUT2D eigenvalue weighted by Gasteiger charge is 2.27. The summed E-state index contributed by atoms with van der Waals surface area (Å²) in [6, 6.07) is 7.51. The Morgan fingerprint density at radius 2 is 2.28 bits per heavy atom. The lowest BCUT2D eigenvalue weighted by atomic mass is 9.89. The van der Waals surface area contributed by atoms with Crippen molar-refractivity contribution >= 4 is 55.2 Å². The number of aryl methyl sites for hydroxylation is 1. The van der Waals surface area contributed by atoms with Crippen LogP contribution in [0, 0.1) is 5.92 Å². The number of primary amides is 1. The van der Waals surface area contributed by atoms with E-state index in [2.05, 4.69) is 22.9 Å². The highest BCUT2D eigenvalue weighted by Crippen LogP contribution is 2.39. The van der Waals surface area contributed by atoms with Gasteiger partial charge in [-0.25, -0.2) is 4.98 Å². The van der Waals surface area contributed by atoms with Gasteiger partial charge in [0.25, 0.3) is 5.56 Å². The van der Waals surface area contributed by atoms with Crippen molar-refractivity contribution in [3.05, 3.63) is 55.1 Å². The molecule has 0 bridgehead atoms. The Hall–Kier alpha value is -1.64. The third kappa shape index (κ3) is 3.90. The minimum atomic E-state index is -0.621. The van der Waals surface area contributed by atoms with Crippen LogP contribution in [-0.4, -0.2) is 15.5 Å². The second-order valence-electron chi connectivity index (χ2n) is 7.43. The van der Waals surface area contributed by atoms with Gasteiger partial charge in [0, 0.05) is 15.9 Å². The Labute approximate surface area is 185 Å². The topological polar surface area (TPSA) is 78.0 Å². The molecule has 29 heavy (non-hydrogen) atoms. The number of carbonyl (C=O) groups is 1. The zero-order valence-electron chi connectivity index (χ0n) is 16.3. The van der Waals surface area contributed by atoms with E-state index in [0.29, 0.717) is 17.6 Å². The molecule has 1 aliphatic rings. The minimum Gasteiger partial charge on any atom is -0.368 e. The summed E-state index contributed by atoms with van der Waals surface area (Å²) in [5.41, 5.74) is 7.67. The number of benzene rings is 1. The van der Waals surface area contributed by atoms with Crippen LogP contribution < -0.4 is 11.3 Å².